The maximum absolute atomic E-state index is 12.0. The third kappa shape index (κ3) is 5.40. The van der Waals surface area contributed by atoms with Crippen LogP contribution in [0.1, 0.15) is 24.8 Å². The number of benzene rings is 1. The molecule has 5 nitrogen and oxygen atoms in total. The van der Waals surface area contributed by atoms with Crippen molar-refractivity contribution in [3.05, 3.63) is 29.8 Å². The molecule has 1 fully saturated rings. The predicted molar refractivity (Wildman–Crippen MR) is 82.5 cm³/mol. The van der Waals surface area contributed by atoms with E-state index in [9.17, 15) is 9.59 Å². The molecule has 1 saturated heterocycles. The Hall–Kier alpha value is -1.53. The van der Waals surface area contributed by atoms with Crippen LogP contribution in [-0.4, -0.2) is 35.4 Å². The standard InChI is InChI=1S/C15H19NO4S/c17-14(18)6-8-21-10-11-3-1-4-12(9-11)16-15(19)13-5-2-7-20-13/h1,3-4,9,13H,2,5-8,10H2,(H,16,19)(H,17,18)/t13-/m0/s1. The van der Waals surface area contributed by atoms with Crippen LogP contribution in [0.4, 0.5) is 5.69 Å². The number of carbonyl (C=O) groups is 2. The number of rotatable bonds is 7. The predicted octanol–water partition coefficient (Wildman–Crippen LogP) is 2.51. The third-order valence-corrected chi connectivity index (χ3v) is 4.18. The van der Waals surface area contributed by atoms with E-state index in [-0.39, 0.29) is 18.4 Å². The van der Waals surface area contributed by atoms with Crippen LogP contribution in [0.5, 0.6) is 0 Å². The summed E-state index contributed by atoms with van der Waals surface area (Å²) in [6, 6.07) is 7.62. The molecule has 0 aromatic heterocycles. The van der Waals surface area contributed by atoms with Gasteiger partial charge < -0.3 is 15.2 Å². The number of nitrogens with one attached hydrogen (secondary N) is 1. The molecule has 1 aromatic rings. The van der Waals surface area contributed by atoms with Crippen LogP contribution in [0.15, 0.2) is 24.3 Å². The third-order valence-electron chi connectivity index (χ3n) is 3.15. The van der Waals surface area contributed by atoms with E-state index in [1.807, 2.05) is 24.3 Å². The SMILES string of the molecule is O=C(O)CCSCc1cccc(NC(=O)[C@@H]2CCCO2)c1. The summed E-state index contributed by atoms with van der Waals surface area (Å²) in [5.41, 5.74) is 1.82. The lowest BCUT2D eigenvalue weighted by Gasteiger charge is -2.11. The van der Waals surface area contributed by atoms with Gasteiger partial charge in [0.05, 0.1) is 6.42 Å². The first-order chi connectivity index (χ1) is 10.1. The van der Waals surface area contributed by atoms with Crippen LogP contribution in [-0.2, 0) is 20.1 Å². The van der Waals surface area contributed by atoms with Crippen LogP contribution in [0.2, 0.25) is 0 Å². The molecular formula is C15H19NO4S. The molecular weight excluding hydrogens is 290 g/mol. The van der Waals surface area contributed by atoms with Crippen molar-refractivity contribution in [1.82, 2.24) is 0 Å². The topological polar surface area (TPSA) is 75.6 Å². The monoisotopic (exact) mass is 309 g/mol. The number of carboxylic acid groups (broad SMARTS) is 1. The van der Waals surface area contributed by atoms with Gasteiger partial charge in [0.15, 0.2) is 0 Å². The fourth-order valence-electron chi connectivity index (χ4n) is 2.10. The number of amides is 1. The minimum absolute atomic E-state index is 0.0943. The summed E-state index contributed by atoms with van der Waals surface area (Å²) >= 11 is 1.57. The first kappa shape index (κ1) is 15.9. The Kier molecular flexibility index (Phi) is 6.07. The normalized spacial score (nSPS) is 17.6. The molecule has 0 spiro atoms. The molecule has 0 aliphatic carbocycles. The molecule has 1 aliphatic heterocycles. The maximum Gasteiger partial charge on any atom is 0.304 e. The Balaban J connectivity index is 1.82. The Labute approximate surface area is 128 Å². The van der Waals surface area contributed by atoms with Gasteiger partial charge in [-0.05, 0) is 30.5 Å². The molecule has 1 heterocycles. The van der Waals surface area contributed by atoms with Crippen molar-refractivity contribution in [3.63, 3.8) is 0 Å². The van der Waals surface area contributed by atoms with E-state index in [1.54, 1.807) is 11.8 Å². The van der Waals surface area contributed by atoms with Gasteiger partial charge in [-0.15, -0.1) is 0 Å². The highest BCUT2D eigenvalue weighted by Crippen LogP contribution is 2.19. The molecule has 0 saturated carbocycles. The van der Waals surface area contributed by atoms with Crippen molar-refractivity contribution in [1.29, 1.82) is 0 Å². The fraction of sp³-hybridized carbons (Fsp3) is 0.467. The minimum atomic E-state index is -0.778. The van der Waals surface area contributed by atoms with Crippen molar-refractivity contribution >= 4 is 29.3 Å². The first-order valence-electron chi connectivity index (χ1n) is 6.96. The molecule has 6 heteroatoms. The molecule has 0 bridgehead atoms. The molecule has 1 atom stereocenters. The number of anilines is 1. The summed E-state index contributed by atoms with van der Waals surface area (Å²) in [6.45, 7) is 0.651. The van der Waals surface area contributed by atoms with E-state index >= 15 is 0 Å². The molecule has 2 rings (SSSR count). The van der Waals surface area contributed by atoms with Crippen molar-refractivity contribution < 1.29 is 19.4 Å². The fourth-order valence-corrected chi connectivity index (χ4v) is 2.97. The van der Waals surface area contributed by atoms with Gasteiger partial charge in [-0.1, -0.05) is 12.1 Å². The van der Waals surface area contributed by atoms with Crippen molar-refractivity contribution in [2.24, 2.45) is 0 Å². The van der Waals surface area contributed by atoms with Gasteiger partial charge in [0.25, 0.3) is 5.91 Å². The van der Waals surface area contributed by atoms with Gasteiger partial charge in [-0.3, -0.25) is 9.59 Å². The van der Waals surface area contributed by atoms with E-state index in [1.165, 1.54) is 0 Å². The summed E-state index contributed by atoms with van der Waals surface area (Å²) < 4.78 is 5.35. The molecule has 1 aliphatic rings. The van der Waals surface area contributed by atoms with E-state index in [0.29, 0.717) is 12.4 Å². The van der Waals surface area contributed by atoms with E-state index in [2.05, 4.69) is 5.32 Å². The zero-order valence-electron chi connectivity index (χ0n) is 11.7. The number of carbonyl (C=O) groups excluding carboxylic acids is 1. The van der Waals surface area contributed by atoms with E-state index in [4.69, 9.17) is 9.84 Å². The zero-order chi connectivity index (χ0) is 15.1. The Morgan fingerprint density at radius 2 is 2.29 bits per heavy atom. The summed E-state index contributed by atoms with van der Waals surface area (Å²) in [7, 11) is 0. The highest BCUT2D eigenvalue weighted by molar-refractivity contribution is 7.98. The lowest BCUT2D eigenvalue weighted by Crippen LogP contribution is -2.26. The summed E-state index contributed by atoms with van der Waals surface area (Å²) in [5, 5.41) is 11.5. The average molecular weight is 309 g/mol. The minimum Gasteiger partial charge on any atom is -0.481 e. The number of hydrogen-bond acceptors (Lipinski definition) is 4. The zero-order valence-corrected chi connectivity index (χ0v) is 12.5. The van der Waals surface area contributed by atoms with Gasteiger partial charge >= 0.3 is 5.97 Å². The van der Waals surface area contributed by atoms with Gasteiger partial charge in [0.1, 0.15) is 6.10 Å². The second-order valence-electron chi connectivity index (χ2n) is 4.89. The molecule has 0 unspecified atom stereocenters. The molecule has 1 aromatic carbocycles. The smallest absolute Gasteiger partial charge is 0.304 e. The summed E-state index contributed by atoms with van der Waals surface area (Å²) in [6.07, 6.45) is 1.54. The molecule has 1 amide bonds. The summed E-state index contributed by atoms with van der Waals surface area (Å²) in [4.78, 5) is 22.4. The number of hydrogen-bond donors (Lipinski definition) is 2. The molecule has 114 valence electrons. The van der Waals surface area contributed by atoms with Crippen molar-refractivity contribution in [2.45, 2.75) is 31.1 Å². The molecule has 0 radical (unpaired) electrons. The van der Waals surface area contributed by atoms with Gasteiger partial charge in [-0.25, -0.2) is 0 Å². The lowest BCUT2D eigenvalue weighted by molar-refractivity contribution is -0.136. The highest BCUT2D eigenvalue weighted by atomic mass is 32.2. The van der Waals surface area contributed by atoms with Gasteiger partial charge in [0.2, 0.25) is 0 Å². The van der Waals surface area contributed by atoms with Crippen LogP contribution in [0.25, 0.3) is 0 Å². The Morgan fingerprint density at radius 1 is 1.43 bits per heavy atom. The van der Waals surface area contributed by atoms with Crippen LogP contribution >= 0.6 is 11.8 Å². The quantitative estimate of drug-likeness (QED) is 0.757. The van der Waals surface area contributed by atoms with E-state index in [0.717, 1.165) is 29.8 Å². The molecule has 2 N–H and O–H groups in total. The maximum atomic E-state index is 12.0. The van der Waals surface area contributed by atoms with E-state index < -0.39 is 5.97 Å². The average Bonchev–Trinajstić information content (AvgIpc) is 2.98. The second kappa shape index (κ2) is 8.05. The number of aliphatic carboxylic acids is 1. The van der Waals surface area contributed by atoms with Crippen LogP contribution in [0, 0.1) is 0 Å². The molecule has 21 heavy (non-hydrogen) atoms. The van der Waals surface area contributed by atoms with Gasteiger partial charge in [0, 0.05) is 23.8 Å². The van der Waals surface area contributed by atoms with Crippen molar-refractivity contribution in [3.8, 4) is 0 Å². The summed E-state index contributed by atoms with van der Waals surface area (Å²) in [5.74, 6) is 0.446. The van der Waals surface area contributed by atoms with Crippen molar-refractivity contribution in [2.75, 3.05) is 17.7 Å². The number of thioether (sulfide) groups is 1. The first-order valence-corrected chi connectivity index (χ1v) is 8.11. The number of carboxylic acids is 1. The Bertz CT molecular complexity index is 500. The highest BCUT2D eigenvalue weighted by Gasteiger charge is 2.23. The van der Waals surface area contributed by atoms with Crippen LogP contribution in [0.3, 0.4) is 0 Å². The van der Waals surface area contributed by atoms with Gasteiger partial charge in [-0.2, -0.15) is 11.8 Å². The second-order valence-corrected chi connectivity index (χ2v) is 5.99. The Morgan fingerprint density at radius 3 is 3.00 bits per heavy atom. The number of ether oxygens (including phenoxy) is 1. The lowest BCUT2D eigenvalue weighted by atomic mass is 10.2. The largest absolute Gasteiger partial charge is 0.481 e. The van der Waals surface area contributed by atoms with Crippen LogP contribution < -0.4 is 5.32 Å².